The van der Waals surface area contributed by atoms with Crippen molar-refractivity contribution in [1.82, 2.24) is 5.32 Å². The fraction of sp³-hybridized carbons (Fsp3) is 0.462. The van der Waals surface area contributed by atoms with Gasteiger partial charge in [-0.25, -0.2) is 0 Å². The molecule has 1 amide bonds. The van der Waals surface area contributed by atoms with Gasteiger partial charge in [0.2, 0.25) is 0 Å². The van der Waals surface area contributed by atoms with Crippen LogP contribution in [-0.4, -0.2) is 25.7 Å². The lowest BCUT2D eigenvalue weighted by atomic mass is 10.1. The number of ether oxygens (including phenoxy) is 1. The number of carbonyl (C=O) groups excluding carboxylic acids is 1. The van der Waals surface area contributed by atoms with Crippen LogP contribution in [0.3, 0.4) is 0 Å². The van der Waals surface area contributed by atoms with Gasteiger partial charge < -0.3 is 15.8 Å². The molecular formula is C13H17ClN2O2. The van der Waals surface area contributed by atoms with Gasteiger partial charge >= 0.3 is 0 Å². The summed E-state index contributed by atoms with van der Waals surface area (Å²) >= 11 is 5.99. The number of nitrogens with two attached hydrogens (primary N) is 1. The molecule has 5 heteroatoms. The van der Waals surface area contributed by atoms with E-state index in [9.17, 15) is 4.79 Å². The normalized spacial score (nSPS) is 18.8. The van der Waals surface area contributed by atoms with Crippen LogP contribution in [0.15, 0.2) is 18.2 Å². The summed E-state index contributed by atoms with van der Waals surface area (Å²) in [6, 6.07) is 5.07. The minimum absolute atomic E-state index is 0.175. The second-order valence-electron chi connectivity index (χ2n) is 4.48. The van der Waals surface area contributed by atoms with E-state index in [1.807, 2.05) is 0 Å². The van der Waals surface area contributed by atoms with E-state index in [-0.39, 0.29) is 5.91 Å². The van der Waals surface area contributed by atoms with Gasteiger partial charge in [-0.3, -0.25) is 4.79 Å². The summed E-state index contributed by atoms with van der Waals surface area (Å²) in [5.74, 6) is 0.382. The highest BCUT2D eigenvalue weighted by Gasteiger charge is 2.16. The summed E-state index contributed by atoms with van der Waals surface area (Å²) in [5, 5.41) is 3.18. The van der Waals surface area contributed by atoms with E-state index in [1.165, 1.54) is 0 Å². The summed E-state index contributed by atoms with van der Waals surface area (Å²) in [4.78, 5) is 11.9. The van der Waals surface area contributed by atoms with Gasteiger partial charge in [-0.05, 0) is 30.9 Å². The van der Waals surface area contributed by atoms with E-state index in [0.717, 1.165) is 26.1 Å². The molecule has 4 nitrogen and oxygen atoms in total. The third kappa shape index (κ3) is 3.15. The molecule has 0 spiro atoms. The molecule has 1 fully saturated rings. The topological polar surface area (TPSA) is 64.4 Å². The lowest BCUT2D eigenvalue weighted by molar-refractivity contribution is 0.0950. The minimum atomic E-state index is -0.175. The maximum absolute atomic E-state index is 11.9. The zero-order valence-corrected chi connectivity index (χ0v) is 10.9. The Balaban J connectivity index is 1.85. The van der Waals surface area contributed by atoms with Crippen molar-refractivity contribution in [3.05, 3.63) is 28.8 Å². The minimum Gasteiger partial charge on any atom is -0.398 e. The lowest BCUT2D eigenvalue weighted by Gasteiger charge is -2.10. The Labute approximate surface area is 111 Å². The molecule has 0 aromatic heterocycles. The maximum Gasteiger partial charge on any atom is 0.252 e. The fourth-order valence-electron chi connectivity index (χ4n) is 2.02. The molecule has 0 radical (unpaired) electrons. The average molecular weight is 269 g/mol. The molecule has 0 aliphatic carbocycles. The third-order valence-corrected chi connectivity index (χ3v) is 3.56. The van der Waals surface area contributed by atoms with Crippen molar-refractivity contribution in [3.8, 4) is 0 Å². The molecule has 1 atom stereocenters. The first-order valence-corrected chi connectivity index (χ1v) is 6.46. The number of nitrogens with one attached hydrogen (secondary N) is 1. The van der Waals surface area contributed by atoms with Crippen LogP contribution < -0.4 is 11.1 Å². The zero-order valence-electron chi connectivity index (χ0n) is 10.1. The lowest BCUT2D eigenvalue weighted by Crippen LogP contribution is -2.26. The van der Waals surface area contributed by atoms with Gasteiger partial charge in [0.25, 0.3) is 5.91 Å². The molecule has 1 heterocycles. The van der Waals surface area contributed by atoms with E-state index in [2.05, 4.69) is 5.32 Å². The summed E-state index contributed by atoms with van der Waals surface area (Å²) in [6.07, 6.45) is 2.01. The molecule has 18 heavy (non-hydrogen) atoms. The SMILES string of the molecule is Nc1cccc(C(=O)NCCC2CCOC2)c1Cl. The summed E-state index contributed by atoms with van der Waals surface area (Å²) in [7, 11) is 0. The zero-order chi connectivity index (χ0) is 13.0. The van der Waals surface area contributed by atoms with Crippen LogP contribution in [0.5, 0.6) is 0 Å². The van der Waals surface area contributed by atoms with E-state index < -0.39 is 0 Å². The first-order chi connectivity index (χ1) is 8.68. The van der Waals surface area contributed by atoms with Crippen molar-refractivity contribution in [2.24, 2.45) is 5.92 Å². The summed E-state index contributed by atoms with van der Waals surface area (Å²) in [6.45, 7) is 2.27. The number of amides is 1. The molecule has 0 bridgehead atoms. The Kier molecular flexibility index (Phi) is 4.44. The number of carbonyl (C=O) groups is 1. The van der Waals surface area contributed by atoms with Crippen molar-refractivity contribution in [2.45, 2.75) is 12.8 Å². The number of nitrogen functional groups attached to an aromatic ring is 1. The molecule has 2 rings (SSSR count). The van der Waals surface area contributed by atoms with Gasteiger partial charge in [0.15, 0.2) is 0 Å². The Hall–Kier alpha value is -1.26. The van der Waals surface area contributed by atoms with Crippen LogP contribution in [-0.2, 0) is 4.74 Å². The Bertz CT molecular complexity index is 431. The van der Waals surface area contributed by atoms with E-state index >= 15 is 0 Å². The standard InChI is InChI=1S/C13H17ClN2O2/c14-12-10(2-1-3-11(12)15)13(17)16-6-4-9-5-7-18-8-9/h1-3,9H,4-8,15H2,(H,16,17). The average Bonchev–Trinajstić information content (AvgIpc) is 2.85. The van der Waals surface area contributed by atoms with Gasteiger partial charge in [0.1, 0.15) is 0 Å². The monoisotopic (exact) mass is 268 g/mol. The molecule has 0 saturated carbocycles. The quantitative estimate of drug-likeness (QED) is 0.822. The van der Waals surface area contributed by atoms with Gasteiger partial charge in [-0.1, -0.05) is 17.7 Å². The number of halogens is 1. The Morgan fingerprint density at radius 2 is 2.39 bits per heavy atom. The van der Waals surface area contributed by atoms with Crippen molar-refractivity contribution < 1.29 is 9.53 Å². The first kappa shape index (κ1) is 13.2. The van der Waals surface area contributed by atoms with Crippen LogP contribution in [0.4, 0.5) is 5.69 Å². The van der Waals surface area contributed by atoms with E-state index in [1.54, 1.807) is 18.2 Å². The van der Waals surface area contributed by atoms with Crippen molar-refractivity contribution >= 4 is 23.2 Å². The maximum atomic E-state index is 11.9. The Morgan fingerprint density at radius 1 is 1.56 bits per heavy atom. The van der Waals surface area contributed by atoms with Gasteiger partial charge in [-0.15, -0.1) is 0 Å². The fourth-order valence-corrected chi connectivity index (χ4v) is 2.23. The predicted octanol–water partition coefficient (Wildman–Crippen LogP) is 2.08. The summed E-state index contributed by atoms with van der Waals surface area (Å²) in [5.41, 5.74) is 6.51. The molecule has 98 valence electrons. The summed E-state index contributed by atoms with van der Waals surface area (Å²) < 4.78 is 5.28. The highest BCUT2D eigenvalue weighted by Crippen LogP contribution is 2.23. The second-order valence-corrected chi connectivity index (χ2v) is 4.86. The largest absolute Gasteiger partial charge is 0.398 e. The van der Waals surface area contributed by atoms with Crippen LogP contribution in [0.25, 0.3) is 0 Å². The number of anilines is 1. The molecule has 1 aromatic carbocycles. The van der Waals surface area contributed by atoms with E-state index in [4.69, 9.17) is 22.1 Å². The van der Waals surface area contributed by atoms with Gasteiger partial charge in [0.05, 0.1) is 16.3 Å². The highest BCUT2D eigenvalue weighted by atomic mass is 35.5. The Morgan fingerprint density at radius 3 is 3.11 bits per heavy atom. The number of hydrogen-bond donors (Lipinski definition) is 2. The number of benzene rings is 1. The van der Waals surface area contributed by atoms with Crippen LogP contribution in [0.1, 0.15) is 23.2 Å². The first-order valence-electron chi connectivity index (χ1n) is 6.08. The van der Waals surface area contributed by atoms with Crippen LogP contribution in [0, 0.1) is 5.92 Å². The second kappa shape index (κ2) is 6.07. The molecule has 1 unspecified atom stereocenters. The van der Waals surface area contributed by atoms with Gasteiger partial charge in [-0.2, -0.15) is 0 Å². The van der Waals surface area contributed by atoms with Crippen molar-refractivity contribution in [2.75, 3.05) is 25.5 Å². The molecule has 1 aromatic rings. The number of rotatable bonds is 4. The smallest absolute Gasteiger partial charge is 0.252 e. The molecule has 1 aliphatic heterocycles. The predicted molar refractivity (Wildman–Crippen MR) is 71.7 cm³/mol. The molecule has 1 saturated heterocycles. The highest BCUT2D eigenvalue weighted by molar-refractivity contribution is 6.36. The molecule has 1 aliphatic rings. The van der Waals surface area contributed by atoms with Crippen molar-refractivity contribution in [3.63, 3.8) is 0 Å². The molecule has 3 N–H and O–H groups in total. The molecular weight excluding hydrogens is 252 g/mol. The van der Waals surface area contributed by atoms with Gasteiger partial charge in [0, 0.05) is 19.8 Å². The van der Waals surface area contributed by atoms with E-state index in [0.29, 0.717) is 28.7 Å². The van der Waals surface area contributed by atoms with Crippen LogP contribution in [0.2, 0.25) is 5.02 Å². The van der Waals surface area contributed by atoms with Crippen LogP contribution >= 0.6 is 11.6 Å². The number of hydrogen-bond acceptors (Lipinski definition) is 3. The van der Waals surface area contributed by atoms with Crippen molar-refractivity contribution in [1.29, 1.82) is 0 Å². The third-order valence-electron chi connectivity index (χ3n) is 3.14.